The lowest BCUT2D eigenvalue weighted by Crippen LogP contribution is -1.94. The fraction of sp³-hybridized carbons (Fsp3) is 0.250. The van der Waals surface area contributed by atoms with Crippen molar-refractivity contribution in [3.05, 3.63) is 58.9 Å². The molecule has 19 heavy (non-hydrogen) atoms. The number of rotatable bonds is 4. The van der Waals surface area contributed by atoms with Crippen molar-refractivity contribution < 1.29 is 4.79 Å². The molecule has 3 heteroatoms. The molecule has 0 radical (unpaired) electrons. The smallest absolute Gasteiger partial charge is 0.189 e. The van der Waals surface area contributed by atoms with Crippen LogP contribution in [0.25, 0.3) is 6.08 Å². The van der Waals surface area contributed by atoms with E-state index in [0.717, 1.165) is 12.1 Å². The lowest BCUT2D eigenvalue weighted by Gasteiger charge is -2.00. The van der Waals surface area contributed by atoms with Crippen LogP contribution in [-0.4, -0.2) is 15.6 Å². The third kappa shape index (κ3) is 3.19. The molecular formula is C16H18N2O. The van der Waals surface area contributed by atoms with Gasteiger partial charge in [0.05, 0.1) is 11.8 Å². The molecule has 0 saturated heterocycles. The third-order valence-corrected chi connectivity index (χ3v) is 3.20. The Morgan fingerprint density at radius 2 is 2.11 bits per heavy atom. The highest BCUT2D eigenvalue weighted by Gasteiger charge is 2.04. The number of allylic oxidation sites excluding steroid dienone is 1. The number of nitrogens with zero attached hydrogens (tertiary/aromatic N) is 2. The summed E-state index contributed by atoms with van der Waals surface area (Å²) >= 11 is 0. The van der Waals surface area contributed by atoms with Gasteiger partial charge in [0.25, 0.3) is 0 Å². The van der Waals surface area contributed by atoms with Gasteiger partial charge in [-0.05, 0) is 43.5 Å². The maximum atomic E-state index is 12.0. The summed E-state index contributed by atoms with van der Waals surface area (Å²) in [6.45, 7) is 6.91. The van der Waals surface area contributed by atoms with Crippen molar-refractivity contribution in [1.29, 1.82) is 0 Å². The molecule has 0 N–H and O–H groups in total. The van der Waals surface area contributed by atoms with E-state index in [1.807, 2.05) is 19.1 Å². The summed E-state index contributed by atoms with van der Waals surface area (Å²) in [7, 11) is 0. The van der Waals surface area contributed by atoms with E-state index in [1.165, 1.54) is 11.1 Å². The van der Waals surface area contributed by atoms with Gasteiger partial charge in [-0.3, -0.25) is 9.48 Å². The van der Waals surface area contributed by atoms with Gasteiger partial charge in [-0.2, -0.15) is 5.10 Å². The molecule has 1 heterocycles. The zero-order chi connectivity index (χ0) is 13.8. The molecular weight excluding hydrogens is 236 g/mol. The van der Waals surface area contributed by atoms with Crippen molar-refractivity contribution in [2.45, 2.75) is 27.3 Å². The molecule has 2 rings (SSSR count). The van der Waals surface area contributed by atoms with Crippen molar-refractivity contribution in [3.8, 4) is 0 Å². The van der Waals surface area contributed by atoms with Gasteiger partial charge in [0.2, 0.25) is 0 Å². The summed E-state index contributed by atoms with van der Waals surface area (Å²) in [6.07, 6.45) is 6.82. The van der Waals surface area contributed by atoms with Gasteiger partial charge in [-0.15, -0.1) is 0 Å². The largest absolute Gasteiger partial charge is 0.289 e. The Morgan fingerprint density at radius 1 is 1.32 bits per heavy atom. The van der Waals surface area contributed by atoms with Crippen LogP contribution in [-0.2, 0) is 6.54 Å². The lowest BCUT2D eigenvalue weighted by atomic mass is 10.1. The molecule has 3 nitrogen and oxygen atoms in total. The number of hydrogen-bond acceptors (Lipinski definition) is 2. The minimum absolute atomic E-state index is 0.0158. The first-order valence-corrected chi connectivity index (χ1v) is 6.42. The first-order chi connectivity index (χ1) is 9.10. The van der Waals surface area contributed by atoms with Gasteiger partial charge in [-0.1, -0.05) is 24.3 Å². The molecule has 0 spiro atoms. The standard InChI is InChI=1S/C16H18N2O/c1-4-18-11-15(10-17-18)16(19)8-7-14-6-5-12(2)13(3)9-14/h5-11H,4H2,1-3H3. The molecule has 0 saturated carbocycles. The van der Waals surface area contributed by atoms with Gasteiger partial charge in [0.15, 0.2) is 5.78 Å². The molecule has 98 valence electrons. The number of carbonyl (C=O) groups is 1. The van der Waals surface area contributed by atoms with Gasteiger partial charge >= 0.3 is 0 Å². The van der Waals surface area contributed by atoms with E-state index in [2.05, 4.69) is 31.1 Å². The fourth-order valence-electron chi connectivity index (χ4n) is 1.80. The summed E-state index contributed by atoms with van der Waals surface area (Å²) in [5.74, 6) is -0.0158. The van der Waals surface area contributed by atoms with Crippen molar-refractivity contribution >= 4 is 11.9 Å². The van der Waals surface area contributed by atoms with Gasteiger partial charge in [0.1, 0.15) is 0 Å². The highest BCUT2D eigenvalue weighted by Crippen LogP contribution is 2.11. The van der Waals surface area contributed by atoms with Crippen molar-refractivity contribution in [2.24, 2.45) is 0 Å². The van der Waals surface area contributed by atoms with Crippen LogP contribution in [0, 0.1) is 13.8 Å². The molecule has 0 aliphatic carbocycles. The second kappa shape index (κ2) is 5.65. The van der Waals surface area contributed by atoms with Gasteiger partial charge in [-0.25, -0.2) is 0 Å². The van der Waals surface area contributed by atoms with Gasteiger partial charge < -0.3 is 0 Å². The molecule has 1 aromatic heterocycles. The first-order valence-electron chi connectivity index (χ1n) is 6.42. The fourth-order valence-corrected chi connectivity index (χ4v) is 1.80. The van der Waals surface area contributed by atoms with Crippen molar-refractivity contribution in [1.82, 2.24) is 9.78 Å². The Bertz CT molecular complexity index is 623. The van der Waals surface area contributed by atoms with Crippen LogP contribution >= 0.6 is 0 Å². The van der Waals surface area contributed by atoms with Crippen LogP contribution in [0.5, 0.6) is 0 Å². The van der Waals surface area contributed by atoms with Crippen LogP contribution in [0.1, 0.15) is 34.0 Å². The van der Waals surface area contributed by atoms with Crippen LogP contribution in [0.15, 0.2) is 36.7 Å². The Morgan fingerprint density at radius 3 is 2.74 bits per heavy atom. The molecule has 0 fully saturated rings. The van der Waals surface area contributed by atoms with E-state index in [-0.39, 0.29) is 5.78 Å². The van der Waals surface area contributed by atoms with Crippen LogP contribution in [0.4, 0.5) is 0 Å². The average molecular weight is 254 g/mol. The summed E-state index contributed by atoms with van der Waals surface area (Å²) in [4.78, 5) is 12.0. The highest BCUT2D eigenvalue weighted by molar-refractivity contribution is 6.06. The Hall–Kier alpha value is -2.16. The molecule has 0 unspecified atom stereocenters. The van der Waals surface area contributed by atoms with Crippen molar-refractivity contribution in [2.75, 3.05) is 0 Å². The van der Waals surface area contributed by atoms with Crippen molar-refractivity contribution in [3.63, 3.8) is 0 Å². The number of ketones is 1. The summed E-state index contributed by atoms with van der Waals surface area (Å²) < 4.78 is 1.75. The van der Waals surface area contributed by atoms with E-state index in [9.17, 15) is 4.79 Å². The Labute approximate surface area is 113 Å². The van der Waals surface area contributed by atoms with Gasteiger partial charge in [0, 0.05) is 12.7 Å². The maximum absolute atomic E-state index is 12.0. The molecule has 2 aromatic rings. The SMILES string of the molecule is CCn1cc(C(=O)C=Cc2ccc(C)c(C)c2)cn1. The monoisotopic (exact) mass is 254 g/mol. The lowest BCUT2D eigenvalue weighted by molar-refractivity contribution is 0.104. The predicted octanol–water partition coefficient (Wildman–Crippen LogP) is 3.42. The van der Waals surface area contributed by atoms with E-state index in [4.69, 9.17) is 0 Å². The normalized spacial score (nSPS) is 11.1. The van der Waals surface area contributed by atoms with Crippen LogP contribution < -0.4 is 0 Å². The topological polar surface area (TPSA) is 34.9 Å². The molecule has 0 aliphatic rings. The summed E-state index contributed by atoms with van der Waals surface area (Å²) in [5.41, 5.74) is 4.15. The zero-order valence-corrected chi connectivity index (χ0v) is 11.6. The zero-order valence-electron chi connectivity index (χ0n) is 11.6. The second-order valence-electron chi connectivity index (χ2n) is 4.63. The molecule has 0 aliphatic heterocycles. The second-order valence-corrected chi connectivity index (χ2v) is 4.63. The summed E-state index contributed by atoms with van der Waals surface area (Å²) in [6, 6.07) is 6.16. The van der Waals surface area contributed by atoms with E-state index in [0.29, 0.717) is 5.56 Å². The Kier molecular flexibility index (Phi) is 3.95. The molecule has 0 bridgehead atoms. The minimum Gasteiger partial charge on any atom is -0.289 e. The van der Waals surface area contributed by atoms with Crippen LogP contribution in [0.2, 0.25) is 0 Å². The van der Waals surface area contributed by atoms with E-state index in [1.54, 1.807) is 23.2 Å². The maximum Gasteiger partial charge on any atom is 0.189 e. The number of benzene rings is 1. The first kappa shape index (κ1) is 13.3. The highest BCUT2D eigenvalue weighted by atomic mass is 16.1. The number of aryl methyl sites for hydroxylation is 3. The Balaban J connectivity index is 2.13. The predicted molar refractivity (Wildman–Crippen MR) is 77.2 cm³/mol. The average Bonchev–Trinajstić information content (AvgIpc) is 2.88. The van der Waals surface area contributed by atoms with E-state index < -0.39 is 0 Å². The molecule has 0 amide bonds. The molecule has 1 aromatic carbocycles. The number of carbonyl (C=O) groups excluding carboxylic acids is 1. The van der Waals surface area contributed by atoms with Crippen LogP contribution in [0.3, 0.4) is 0 Å². The number of aromatic nitrogens is 2. The third-order valence-electron chi connectivity index (χ3n) is 3.20. The minimum atomic E-state index is -0.0158. The summed E-state index contributed by atoms with van der Waals surface area (Å²) in [5, 5.41) is 4.10. The number of hydrogen-bond donors (Lipinski definition) is 0. The quantitative estimate of drug-likeness (QED) is 0.619. The molecule has 0 atom stereocenters. The van der Waals surface area contributed by atoms with E-state index >= 15 is 0 Å².